The van der Waals surface area contributed by atoms with E-state index in [0.29, 0.717) is 38.2 Å². The number of likely N-dealkylation sites (tertiary alicyclic amines) is 1. The summed E-state index contributed by atoms with van der Waals surface area (Å²) < 4.78 is 5.66. The number of nitrogens with one attached hydrogen (secondary N) is 1. The quantitative estimate of drug-likeness (QED) is 0.421. The molecule has 1 aliphatic carbocycles. The minimum atomic E-state index is -0.406. The number of rotatable bonds is 6. The zero-order valence-electron chi connectivity index (χ0n) is 25.8. The van der Waals surface area contributed by atoms with Crippen LogP contribution in [0.15, 0.2) is 54.9 Å². The first-order valence-corrected chi connectivity index (χ1v) is 16.4. The summed E-state index contributed by atoms with van der Waals surface area (Å²) >= 11 is 0. The van der Waals surface area contributed by atoms with Crippen molar-refractivity contribution in [3.8, 4) is 16.9 Å². The Morgan fingerprint density at radius 3 is 2.27 bits per heavy atom. The lowest BCUT2D eigenvalue weighted by molar-refractivity contribution is -0.127. The summed E-state index contributed by atoms with van der Waals surface area (Å²) in [6.45, 7) is 6.23. The largest absolute Gasteiger partial charge is 0.496 e. The second kappa shape index (κ2) is 12.3. The molecule has 2 amide bonds. The summed E-state index contributed by atoms with van der Waals surface area (Å²) in [5.74, 6) is 0.942. The number of aromatic amines is 1. The molecule has 9 heteroatoms. The van der Waals surface area contributed by atoms with Gasteiger partial charge in [0, 0.05) is 92.2 Å². The Bertz CT molecular complexity index is 1450. The van der Waals surface area contributed by atoms with Crippen LogP contribution in [0.25, 0.3) is 11.1 Å². The highest BCUT2D eigenvalue weighted by Crippen LogP contribution is 2.44. The fraction of sp³-hybridized carbons (Fsp3) is 0.514. The molecule has 1 aromatic heterocycles. The van der Waals surface area contributed by atoms with Gasteiger partial charge in [0.25, 0.3) is 5.91 Å². The summed E-state index contributed by atoms with van der Waals surface area (Å²) in [4.78, 5) is 36.2. The van der Waals surface area contributed by atoms with Crippen LogP contribution in [-0.2, 0) is 4.79 Å². The summed E-state index contributed by atoms with van der Waals surface area (Å²) in [5.41, 5.74) is 4.25. The Balaban J connectivity index is 0.942. The van der Waals surface area contributed by atoms with Crippen molar-refractivity contribution in [2.45, 2.75) is 57.4 Å². The molecule has 1 spiro atoms. The Morgan fingerprint density at radius 2 is 1.59 bits per heavy atom. The number of hydrogen-bond donors (Lipinski definition) is 1. The average Bonchev–Trinajstić information content (AvgIpc) is 3.74. The molecule has 0 unspecified atom stereocenters. The van der Waals surface area contributed by atoms with Crippen molar-refractivity contribution in [1.82, 2.24) is 20.0 Å². The maximum absolute atomic E-state index is 13.8. The Labute approximate surface area is 260 Å². The van der Waals surface area contributed by atoms with E-state index in [1.165, 1.54) is 37.8 Å². The second-order valence-corrected chi connectivity index (χ2v) is 13.0. The Kier molecular flexibility index (Phi) is 8.06. The van der Waals surface area contributed by atoms with Crippen molar-refractivity contribution in [3.05, 3.63) is 60.4 Å². The van der Waals surface area contributed by atoms with E-state index >= 15 is 0 Å². The molecule has 4 fully saturated rings. The molecule has 1 N–H and O–H groups in total. The van der Waals surface area contributed by atoms with Gasteiger partial charge < -0.3 is 19.4 Å². The van der Waals surface area contributed by atoms with Gasteiger partial charge in [-0.25, -0.2) is 0 Å². The van der Waals surface area contributed by atoms with Crippen molar-refractivity contribution in [2.75, 3.05) is 62.7 Å². The minimum absolute atomic E-state index is 0.0652. The fourth-order valence-corrected chi connectivity index (χ4v) is 7.94. The molecule has 44 heavy (non-hydrogen) atoms. The first-order chi connectivity index (χ1) is 21.5. The van der Waals surface area contributed by atoms with Crippen LogP contribution in [0.5, 0.6) is 5.75 Å². The number of aromatic nitrogens is 2. The minimum Gasteiger partial charge on any atom is -0.496 e. The van der Waals surface area contributed by atoms with E-state index in [-0.39, 0.29) is 11.8 Å². The predicted molar refractivity (Wildman–Crippen MR) is 172 cm³/mol. The van der Waals surface area contributed by atoms with E-state index in [0.717, 1.165) is 61.0 Å². The van der Waals surface area contributed by atoms with Gasteiger partial charge in [0.1, 0.15) is 5.75 Å². The molecule has 2 aromatic carbocycles. The van der Waals surface area contributed by atoms with Crippen LogP contribution in [0.3, 0.4) is 0 Å². The van der Waals surface area contributed by atoms with Crippen molar-refractivity contribution in [2.24, 2.45) is 5.41 Å². The second-order valence-electron chi connectivity index (χ2n) is 13.0. The number of hydrogen-bond acceptors (Lipinski definition) is 6. The Morgan fingerprint density at radius 1 is 0.886 bits per heavy atom. The molecule has 1 saturated carbocycles. The first-order valence-electron chi connectivity index (χ1n) is 16.4. The highest BCUT2D eigenvalue weighted by atomic mass is 16.5. The molecule has 3 aliphatic heterocycles. The lowest BCUT2D eigenvalue weighted by atomic mass is 9.77. The molecule has 7 rings (SSSR count). The monoisotopic (exact) mass is 596 g/mol. The molecule has 4 heterocycles. The lowest BCUT2D eigenvalue weighted by Gasteiger charge is -2.41. The molecule has 9 nitrogen and oxygen atoms in total. The van der Waals surface area contributed by atoms with E-state index in [1.807, 2.05) is 46.3 Å². The van der Waals surface area contributed by atoms with E-state index < -0.39 is 5.41 Å². The van der Waals surface area contributed by atoms with E-state index in [1.54, 1.807) is 13.3 Å². The number of H-pyrrole nitrogens is 1. The smallest absolute Gasteiger partial charge is 0.253 e. The standard InChI is InChI=1S/C35H44N6O3/c1-44-32-23-30(11-12-31(32)27-24-36-37-25-27)41-18-15-35(34(41)43)13-16-40(17-14-35)33(42)26-7-9-29(10-8-26)39-21-19-38(20-22-39)28-5-3-2-4-6-28/h7-12,23-25,28H,2-6,13-22H2,1H3,(H,36,37). The van der Waals surface area contributed by atoms with Crippen LogP contribution in [0.4, 0.5) is 11.4 Å². The van der Waals surface area contributed by atoms with Crippen molar-refractivity contribution in [1.29, 1.82) is 0 Å². The van der Waals surface area contributed by atoms with E-state index in [2.05, 4.69) is 32.1 Å². The molecular formula is C35H44N6O3. The van der Waals surface area contributed by atoms with Crippen LogP contribution in [0.2, 0.25) is 0 Å². The van der Waals surface area contributed by atoms with Crippen molar-refractivity contribution >= 4 is 23.2 Å². The number of carbonyl (C=O) groups is 2. The number of carbonyl (C=O) groups excluding carboxylic acids is 2. The fourth-order valence-electron chi connectivity index (χ4n) is 7.94. The van der Waals surface area contributed by atoms with Gasteiger partial charge in [-0.05, 0) is 68.5 Å². The maximum Gasteiger partial charge on any atom is 0.253 e. The van der Waals surface area contributed by atoms with E-state index in [9.17, 15) is 9.59 Å². The number of benzene rings is 2. The van der Waals surface area contributed by atoms with E-state index in [4.69, 9.17) is 4.74 Å². The highest BCUT2D eigenvalue weighted by molar-refractivity contribution is 6.01. The summed E-state index contributed by atoms with van der Waals surface area (Å²) in [6, 6.07) is 14.9. The van der Waals surface area contributed by atoms with Gasteiger partial charge in [-0.2, -0.15) is 5.10 Å². The van der Waals surface area contributed by atoms with Gasteiger partial charge in [-0.15, -0.1) is 0 Å². The number of piperazine rings is 1. The molecule has 232 valence electrons. The Hall–Kier alpha value is -3.85. The van der Waals surface area contributed by atoms with Gasteiger partial charge in [-0.3, -0.25) is 19.6 Å². The lowest BCUT2D eigenvalue weighted by Crippen LogP contribution is -2.50. The zero-order valence-corrected chi connectivity index (χ0v) is 25.8. The van der Waals surface area contributed by atoms with Crippen LogP contribution < -0.4 is 14.5 Å². The van der Waals surface area contributed by atoms with Crippen LogP contribution in [-0.4, -0.2) is 90.8 Å². The van der Waals surface area contributed by atoms with Crippen molar-refractivity contribution < 1.29 is 14.3 Å². The molecule has 0 bridgehead atoms. The number of methoxy groups -OCH3 is 1. The third-order valence-electron chi connectivity index (χ3n) is 10.7. The highest BCUT2D eigenvalue weighted by Gasteiger charge is 2.49. The number of piperidine rings is 1. The van der Waals surface area contributed by atoms with Crippen molar-refractivity contribution in [3.63, 3.8) is 0 Å². The summed E-state index contributed by atoms with van der Waals surface area (Å²) in [6.07, 6.45) is 12.7. The van der Waals surface area contributed by atoms with Gasteiger partial charge in [-0.1, -0.05) is 19.3 Å². The van der Waals surface area contributed by atoms with Gasteiger partial charge in [0.15, 0.2) is 0 Å². The third kappa shape index (κ3) is 5.47. The molecule has 3 aromatic rings. The number of amides is 2. The number of anilines is 2. The third-order valence-corrected chi connectivity index (χ3v) is 10.7. The van der Waals surface area contributed by atoms with Gasteiger partial charge in [0.2, 0.25) is 5.91 Å². The molecule has 0 atom stereocenters. The van der Waals surface area contributed by atoms with Crippen LogP contribution >= 0.6 is 0 Å². The van der Waals surface area contributed by atoms with Gasteiger partial charge in [0.05, 0.1) is 18.7 Å². The molecule has 3 saturated heterocycles. The summed E-state index contributed by atoms with van der Waals surface area (Å²) in [5, 5.41) is 6.89. The van der Waals surface area contributed by atoms with Gasteiger partial charge >= 0.3 is 0 Å². The van der Waals surface area contributed by atoms with Crippen LogP contribution in [0, 0.1) is 5.41 Å². The number of ether oxygens (including phenoxy) is 1. The topological polar surface area (TPSA) is 85.0 Å². The molecule has 4 aliphatic rings. The first kappa shape index (κ1) is 28.9. The zero-order chi connectivity index (χ0) is 30.1. The van der Waals surface area contributed by atoms with Crippen LogP contribution in [0.1, 0.15) is 61.7 Å². The average molecular weight is 597 g/mol. The SMILES string of the molecule is COc1cc(N2CCC3(CCN(C(=O)c4ccc(N5CCN(C6CCCCC6)CC5)cc4)CC3)C2=O)ccc1-c1cn[nH]c1. The summed E-state index contributed by atoms with van der Waals surface area (Å²) in [7, 11) is 1.65. The predicted octanol–water partition coefficient (Wildman–Crippen LogP) is 5.20. The maximum atomic E-state index is 13.8. The normalized spacial score (nSPS) is 21.3. The number of nitrogens with zero attached hydrogens (tertiary/aromatic N) is 5. The molecule has 0 radical (unpaired) electrons. The molecular weight excluding hydrogens is 552 g/mol.